The largest absolute Gasteiger partial charge is 0.378 e. The maximum atomic E-state index is 6.09. The van der Waals surface area contributed by atoms with Crippen molar-refractivity contribution in [2.75, 3.05) is 39.5 Å². The standard InChI is InChI=1S/C17H30N2O2/c1-2-16(18-7-1)14-3-8-19(9-4-14)15-5-10-21-17(12-15)6-11-20-13-17/h14-16,18H,1-13H2. The summed E-state index contributed by atoms with van der Waals surface area (Å²) in [5.74, 6) is 0.923. The molecule has 0 aromatic carbocycles. The Morgan fingerprint density at radius 1 is 1.05 bits per heavy atom. The van der Waals surface area contributed by atoms with Crippen molar-refractivity contribution in [1.82, 2.24) is 10.2 Å². The van der Waals surface area contributed by atoms with Crippen molar-refractivity contribution in [2.45, 2.75) is 62.6 Å². The van der Waals surface area contributed by atoms with Crippen molar-refractivity contribution < 1.29 is 9.47 Å². The average Bonchev–Trinajstić information content (AvgIpc) is 3.20. The highest BCUT2D eigenvalue weighted by atomic mass is 16.6. The van der Waals surface area contributed by atoms with Crippen molar-refractivity contribution in [3.05, 3.63) is 0 Å². The topological polar surface area (TPSA) is 33.7 Å². The van der Waals surface area contributed by atoms with E-state index in [1.807, 2.05) is 0 Å². The minimum absolute atomic E-state index is 0.0623. The van der Waals surface area contributed by atoms with Crippen LogP contribution < -0.4 is 5.32 Å². The third-order valence-electron chi connectivity index (χ3n) is 6.29. The van der Waals surface area contributed by atoms with Crippen LogP contribution in [-0.4, -0.2) is 62.0 Å². The minimum Gasteiger partial charge on any atom is -0.378 e. The summed E-state index contributed by atoms with van der Waals surface area (Å²) in [4.78, 5) is 2.76. The predicted octanol–water partition coefficient (Wildman–Crippen LogP) is 1.79. The zero-order valence-electron chi connectivity index (χ0n) is 13.2. The molecule has 4 rings (SSSR count). The molecular formula is C17H30N2O2. The molecule has 4 aliphatic heterocycles. The SMILES string of the molecule is C1CNC(C2CCN(C3CCOC4(CCOC4)C3)CC2)C1. The van der Waals surface area contributed by atoms with Gasteiger partial charge in [0.1, 0.15) is 0 Å². The minimum atomic E-state index is 0.0623. The summed E-state index contributed by atoms with van der Waals surface area (Å²) in [6, 6.07) is 1.55. The first kappa shape index (κ1) is 14.4. The zero-order chi connectivity index (χ0) is 14.1. The number of hydrogen-bond donors (Lipinski definition) is 1. The van der Waals surface area contributed by atoms with Crippen LogP contribution in [0.3, 0.4) is 0 Å². The molecule has 4 heterocycles. The Morgan fingerprint density at radius 3 is 2.67 bits per heavy atom. The first-order chi connectivity index (χ1) is 10.3. The molecule has 1 spiro atoms. The van der Waals surface area contributed by atoms with E-state index in [1.165, 1.54) is 58.2 Å². The summed E-state index contributed by atoms with van der Waals surface area (Å²) in [5, 5.41) is 3.71. The van der Waals surface area contributed by atoms with Gasteiger partial charge in [-0.1, -0.05) is 0 Å². The zero-order valence-corrected chi connectivity index (χ0v) is 13.2. The van der Waals surface area contributed by atoms with Crippen molar-refractivity contribution in [3.8, 4) is 0 Å². The van der Waals surface area contributed by atoms with E-state index in [4.69, 9.17) is 9.47 Å². The average molecular weight is 294 g/mol. The second-order valence-corrected chi connectivity index (χ2v) is 7.56. The Labute approximate surface area is 128 Å². The van der Waals surface area contributed by atoms with Gasteiger partial charge in [0.15, 0.2) is 0 Å². The molecule has 120 valence electrons. The highest BCUT2D eigenvalue weighted by Crippen LogP contribution is 2.36. The lowest BCUT2D eigenvalue weighted by molar-refractivity contribution is -0.109. The molecule has 0 aromatic heterocycles. The van der Waals surface area contributed by atoms with Gasteiger partial charge in [0.25, 0.3) is 0 Å². The van der Waals surface area contributed by atoms with Crippen LogP contribution in [0, 0.1) is 5.92 Å². The maximum absolute atomic E-state index is 6.09. The van der Waals surface area contributed by atoms with E-state index in [-0.39, 0.29) is 5.60 Å². The molecule has 0 bridgehead atoms. The number of rotatable bonds is 2. The molecule has 0 aromatic rings. The summed E-state index contributed by atoms with van der Waals surface area (Å²) < 4.78 is 11.7. The number of hydrogen-bond acceptors (Lipinski definition) is 4. The molecule has 4 nitrogen and oxygen atoms in total. The summed E-state index contributed by atoms with van der Waals surface area (Å²) in [5.41, 5.74) is 0.0623. The molecule has 0 saturated carbocycles. The fourth-order valence-corrected chi connectivity index (χ4v) is 4.98. The molecule has 4 aliphatic rings. The predicted molar refractivity (Wildman–Crippen MR) is 82.5 cm³/mol. The summed E-state index contributed by atoms with van der Waals surface area (Å²) >= 11 is 0. The van der Waals surface area contributed by atoms with Crippen LogP contribution in [0.15, 0.2) is 0 Å². The van der Waals surface area contributed by atoms with Crippen LogP contribution in [-0.2, 0) is 9.47 Å². The van der Waals surface area contributed by atoms with Crippen LogP contribution in [0.25, 0.3) is 0 Å². The highest BCUT2D eigenvalue weighted by Gasteiger charge is 2.43. The Hall–Kier alpha value is -0.160. The van der Waals surface area contributed by atoms with E-state index >= 15 is 0 Å². The molecular weight excluding hydrogens is 264 g/mol. The van der Waals surface area contributed by atoms with E-state index < -0.39 is 0 Å². The molecule has 0 amide bonds. The van der Waals surface area contributed by atoms with Gasteiger partial charge in [-0.25, -0.2) is 0 Å². The Balaban J connectivity index is 1.31. The highest BCUT2D eigenvalue weighted by molar-refractivity contribution is 4.95. The Morgan fingerprint density at radius 2 is 1.95 bits per heavy atom. The summed E-state index contributed by atoms with van der Waals surface area (Å²) in [7, 11) is 0. The monoisotopic (exact) mass is 294 g/mol. The van der Waals surface area contributed by atoms with E-state index in [2.05, 4.69) is 10.2 Å². The quantitative estimate of drug-likeness (QED) is 0.842. The lowest BCUT2D eigenvalue weighted by Crippen LogP contribution is -2.52. The van der Waals surface area contributed by atoms with Crippen LogP contribution in [0.5, 0.6) is 0 Å². The van der Waals surface area contributed by atoms with Crippen molar-refractivity contribution in [3.63, 3.8) is 0 Å². The fraction of sp³-hybridized carbons (Fsp3) is 1.00. The molecule has 0 aliphatic carbocycles. The Kier molecular flexibility index (Phi) is 4.23. The number of ether oxygens (including phenoxy) is 2. The first-order valence-corrected chi connectivity index (χ1v) is 9.04. The van der Waals surface area contributed by atoms with Crippen LogP contribution in [0.4, 0.5) is 0 Å². The van der Waals surface area contributed by atoms with Gasteiger partial charge in [-0.2, -0.15) is 0 Å². The number of nitrogens with zero attached hydrogens (tertiary/aromatic N) is 1. The Bertz CT molecular complexity index is 343. The molecule has 0 radical (unpaired) electrons. The summed E-state index contributed by atoms with van der Waals surface area (Å²) in [6.45, 7) is 6.48. The maximum Gasteiger partial charge on any atom is 0.0951 e. The number of piperidine rings is 1. The van der Waals surface area contributed by atoms with E-state index in [0.29, 0.717) is 0 Å². The molecule has 4 saturated heterocycles. The lowest BCUT2D eigenvalue weighted by Gasteiger charge is -2.45. The molecule has 3 unspecified atom stereocenters. The van der Waals surface area contributed by atoms with Gasteiger partial charge < -0.3 is 19.7 Å². The van der Waals surface area contributed by atoms with Gasteiger partial charge >= 0.3 is 0 Å². The first-order valence-electron chi connectivity index (χ1n) is 9.04. The van der Waals surface area contributed by atoms with Crippen molar-refractivity contribution in [1.29, 1.82) is 0 Å². The van der Waals surface area contributed by atoms with Crippen LogP contribution in [0.2, 0.25) is 0 Å². The molecule has 3 atom stereocenters. The molecule has 4 fully saturated rings. The normalized spacial score (nSPS) is 42.9. The number of nitrogens with one attached hydrogen (secondary N) is 1. The van der Waals surface area contributed by atoms with E-state index in [1.54, 1.807) is 0 Å². The van der Waals surface area contributed by atoms with Gasteiger partial charge in [0, 0.05) is 31.7 Å². The van der Waals surface area contributed by atoms with Gasteiger partial charge in [-0.15, -0.1) is 0 Å². The van der Waals surface area contributed by atoms with E-state index in [9.17, 15) is 0 Å². The van der Waals surface area contributed by atoms with E-state index in [0.717, 1.165) is 44.2 Å². The number of likely N-dealkylation sites (tertiary alicyclic amines) is 1. The second-order valence-electron chi connectivity index (χ2n) is 7.56. The van der Waals surface area contributed by atoms with Crippen molar-refractivity contribution >= 4 is 0 Å². The van der Waals surface area contributed by atoms with Crippen LogP contribution >= 0.6 is 0 Å². The van der Waals surface area contributed by atoms with Gasteiger partial charge in [-0.3, -0.25) is 0 Å². The van der Waals surface area contributed by atoms with Crippen molar-refractivity contribution in [2.24, 2.45) is 5.92 Å². The van der Waals surface area contributed by atoms with Gasteiger partial charge in [-0.05, 0) is 64.1 Å². The third kappa shape index (κ3) is 3.00. The second kappa shape index (κ2) is 6.15. The van der Waals surface area contributed by atoms with Crippen LogP contribution in [0.1, 0.15) is 44.9 Å². The third-order valence-corrected chi connectivity index (χ3v) is 6.29. The van der Waals surface area contributed by atoms with Gasteiger partial charge in [0.05, 0.1) is 12.2 Å². The molecule has 21 heavy (non-hydrogen) atoms. The molecule has 4 heteroatoms. The lowest BCUT2D eigenvalue weighted by atomic mass is 9.85. The summed E-state index contributed by atoms with van der Waals surface area (Å²) in [6.07, 6.45) is 9.08. The van der Waals surface area contributed by atoms with Gasteiger partial charge in [0.2, 0.25) is 0 Å². The fourth-order valence-electron chi connectivity index (χ4n) is 4.98. The molecule has 1 N–H and O–H groups in total. The smallest absolute Gasteiger partial charge is 0.0951 e.